The molecule has 1 aromatic heterocycles. The molecule has 4 heteroatoms. The summed E-state index contributed by atoms with van der Waals surface area (Å²) in [5.41, 5.74) is 2.33. The molecule has 0 bridgehead atoms. The predicted octanol–water partition coefficient (Wildman–Crippen LogP) is 4.34. The van der Waals surface area contributed by atoms with E-state index in [1.807, 2.05) is 13.0 Å². The Hall–Kier alpha value is -1.26. The molecule has 1 heterocycles. The molecule has 0 fully saturated rings. The fourth-order valence-electron chi connectivity index (χ4n) is 2.00. The summed E-state index contributed by atoms with van der Waals surface area (Å²) in [5.74, 6) is 1.71. The molecule has 2 rings (SSSR count). The summed E-state index contributed by atoms with van der Waals surface area (Å²) in [6, 6.07) is 11.1. The molecule has 0 amide bonds. The summed E-state index contributed by atoms with van der Waals surface area (Å²) in [6.07, 6.45) is 1.16. The number of aryl methyl sites for hydroxylation is 1. The van der Waals surface area contributed by atoms with E-state index in [9.17, 15) is 0 Å². The minimum absolute atomic E-state index is 0.393. The van der Waals surface area contributed by atoms with Crippen LogP contribution >= 0.6 is 11.8 Å². The number of rotatable bonds is 7. The van der Waals surface area contributed by atoms with Gasteiger partial charge in [-0.2, -0.15) is 0 Å². The van der Waals surface area contributed by atoms with Crippen LogP contribution in [0.4, 0.5) is 0 Å². The largest absolute Gasteiger partial charge is 0.361 e. The van der Waals surface area contributed by atoms with E-state index < -0.39 is 0 Å². The van der Waals surface area contributed by atoms with E-state index in [2.05, 4.69) is 48.6 Å². The first-order chi connectivity index (χ1) is 9.69. The van der Waals surface area contributed by atoms with Gasteiger partial charge >= 0.3 is 0 Å². The van der Waals surface area contributed by atoms with Crippen molar-refractivity contribution in [3.8, 4) is 0 Å². The molecule has 0 aliphatic heterocycles. The Kier molecular flexibility index (Phi) is 5.68. The van der Waals surface area contributed by atoms with E-state index in [1.165, 1.54) is 10.5 Å². The van der Waals surface area contributed by atoms with Crippen molar-refractivity contribution in [3.63, 3.8) is 0 Å². The summed E-state index contributed by atoms with van der Waals surface area (Å²) in [4.78, 5) is 1.27. The van der Waals surface area contributed by atoms with Crippen LogP contribution in [0.2, 0.25) is 0 Å². The molecule has 0 spiro atoms. The van der Waals surface area contributed by atoms with E-state index in [-0.39, 0.29) is 0 Å². The summed E-state index contributed by atoms with van der Waals surface area (Å²) < 4.78 is 5.09. The van der Waals surface area contributed by atoms with E-state index in [0.717, 1.165) is 30.2 Å². The topological polar surface area (TPSA) is 38.1 Å². The number of thioether (sulfide) groups is 1. The SMILES string of the molecule is CCCNC(C)c1cccc(SCc2cc(C)on2)c1. The lowest BCUT2D eigenvalue weighted by Crippen LogP contribution is -2.19. The van der Waals surface area contributed by atoms with Gasteiger partial charge in [-0.1, -0.05) is 24.2 Å². The Morgan fingerprint density at radius 2 is 2.20 bits per heavy atom. The van der Waals surface area contributed by atoms with Crippen LogP contribution in [0, 0.1) is 6.92 Å². The van der Waals surface area contributed by atoms with Gasteiger partial charge < -0.3 is 9.84 Å². The summed E-state index contributed by atoms with van der Waals surface area (Å²) in [5, 5.41) is 7.54. The monoisotopic (exact) mass is 290 g/mol. The van der Waals surface area contributed by atoms with E-state index in [4.69, 9.17) is 4.52 Å². The quantitative estimate of drug-likeness (QED) is 0.770. The molecule has 0 saturated carbocycles. The smallest absolute Gasteiger partial charge is 0.133 e. The third-order valence-corrected chi connectivity index (χ3v) is 4.15. The number of hydrogen-bond acceptors (Lipinski definition) is 4. The molecule has 0 aliphatic rings. The molecular weight excluding hydrogens is 268 g/mol. The van der Waals surface area contributed by atoms with Gasteiger partial charge in [-0.15, -0.1) is 11.8 Å². The first-order valence-electron chi connectivity index (χ1n) is 7.07. The van der Waals surface area contributed by atoms with Crippen LogP contribution in [0.1, 0.15) is 43.3 Å². The normalized spacial score (nSPS) is 12.6. The third-order valence-electron chi connectivity index (χ3n) is 3.12. The summed E-state index contributed by atoms with van der Waals surface area (Å²) in [7, 11) is 0. The van der Waals surface area contributed by atoms with Gasteiger partial charge in [0, 0.05) is 22.8 Å². The van der Waals surface area contributed by atoms with Gasteiger partial charge in [0.05, 0.1) is 5.69 Å². The van der Waals surface area contributed by atoms with Crippen LogP contribution in [0.15, 0.2) is 39.8 Å². The van der Waals surface area contributed by atoms with Crippen LogP contribution in [0.5, 0.6) is 0 Å². The minimum atomic E-state index is 0.393. The van der Waals surface area contributed by atoms with Crippen molar-refractivity contribution < 1.29 is 4.52 Å². The van der Waals surface area contributed by atoms with E-state index >= 15 is 0 Å². The van der Waals surface area contributed by atoms with E-state index in [0.29, 0.717) is 6.04 Å². The molecular formula is C16H22N2OS. The average molecular weight is 290 g/mol. The van der Waals surface area contributed by atoms with Crippen LogP contribution in [-0.2, 0) is 5.75 Å². The molecule has 20 heavy (non-hydrogen) atoms. The Morgan fingerprint density at radius 3 is 2.90 bits per heavy atom. The van der Waals surface area contributed by atoms with Gasteiger partial charge in [-0.25, -0.2) is 0 Å². The standard InChI is InChI=1S/C16H22N2OS/c1-4-8-17-13(3)14-6-5-7-16(10-14)20-11-15-9-12(2)19-18-15/h5-7,9-10,13,17H,4,8,11H2,1-3H3. The highest BCUT2D eigenvalue weighted by Crippen LogP contribution is 2.25. The first-order valence-corrected chi connectivity index (χ1v) is 8.06. The molecule has 0 radical (unpaired) electrons. The van der Waals surface area contributed by atoms with Crippen molar-refractivity contribution in [1.29, 1.82) is 0 Å². The van der Waals surface area contributed by atoms with Crippen molar-refractivity contribution in [2.24, 2.45) is 0 Å². The second-order valence-corrected chi connectivity index (χ2v) is 6.01. The Bertz CT molecular complexity index is 539. The number of benzene rings is 1. The zero-order valence-corrected chi connectivity index (χ0v) is 13.2. The van der Waals surface area contributed by atoms with Crippen molar-refractivity contribution in [1.82, 2.24) is 10.5 Å². The van der Waals surface area contributed by atoms with Crippen molar-refractivity contribution >= 4 is 11.8 Å². The third kappa shape index (κ3) is 4.39. The minimum Gasteiger partial charge on any atom is -0.361 e. The van der Waals surface area contributed by atoms with E-state index in [1.54, 1.807) is 11.8 Å². The second kappa shape index (κ2) is 7.50. The lowest BCUT2D eigenvalue weighted by atomic mass is 10.1. The first kappa shape index (κ1) is 15.1. The van der Waals surface area contributed by atoms with Gasteiger partial charge in [-0.05, 0) is 44.5 Å². The Labute approximate surface area is 125 Å². The second-order valence-electron chi connectivity index (χ2n) is 4.97. The Morgan fingerprint density at radius 1 is 1.35 bits per heavy atom. The fourth-order valence-corrected chi connectivity index (χ4v) is 2.84. The van der Waals surface area contributed by atoms with Crippen molar-refractivity contribution in [2.75, 3.05) is 6.54 Å². The van der Waals surface area contributed by atoms with Crippen LogP contribution in [0.25, 0.3) is 0 Å². The molecule has 1 aromatic carbocycles. The number of nitrogens with zero attached hydrogens (tertiary/aromatic N) is 1. The van der Waals surface area contributed by atoms with Crippen LogP contribution in [0.3, 0.4) is 0 Å². The van der Waals surface area contributed by atoms with Gasteiger partial charge in [0.1, 0.15) is 5.76 Å². The maximum Gasteiger partial charge on any atom is 0.133 e. The van der Waals surface area contributed by atoms with Gasteiger partial charge in [0.25, 0.3) is 0 Å². The van der Waals surface area contributed by atoms with Crippen LogP contribution < -0.4 is 5.32 Å². The molecule has 108 valence electrons. The lowest BCUT2D eigenvalue weighted by Gasteiger charge is -2.14. The molecule has 1 N–H and O–H groups in total. The molecule has 1 unspecified atom stereocenters. The highest BCUT2D eigenvalue weighted by atomic mass is 32.2. The number of nitrogens with one attached hydrogen (secondary N) is 1. The van der Waals surface area contributed by atoms with Crippen molar-refractivity contribution in [2.45, 2.75) is 43.9 Å². The molecule has 0 aliphatic carbocycles. The maximum absolute atomic E-state index is 5.09. The maximum atomic E-state index is 5.09. The molecule has 3 nitrogen and oxygen atoms in total. The fraction of sp³-hybridized carbons (Fsp3) is 0.438. The van der Waals surface area contributed by atoms with Crippen molar-refractivity contribution in [3.05, 3.63) is 47.3 Å². The molecule has 0 saturated heterocycles. The average Bonchev–Trinajstić information content (AvgIpc) is 2.88. The van der Waals surface area contributed by atoms with Gasteiger partial charge in [0.2, 0.25) is 0 Å². The predicted molar refractivity (Wildman–Crippen MR) is 84.0 cm³/mol. The summed E-state index contributed by atoms with van der Waals surface area (Å²) in [6.45, 7) is 7.37. The highest BCUT2D eigenvalue weighted by molar-refractivity contribution is 7.98. The van der Waals surface area contributed by atoms with Gasteiger partial charge in [0.15, 0.2) is 0 Å². The number of aromatic nitrogens is 1. The highest BCUT2D eigenvalue weighted by Gasteiger charge is 2.06. The van der Waals surface area contributed by atoms with Crippen LogP contribution in [-0.4, -0.2) is 11.7 Å². The molecule has 2 aromatic rings. The zero-order valence-electron chi connectivity index (χ0n) is 12.3. The number of hydrogen-bond donors (Lipinski definition) is 1. The Balaban J connectivity index is 1.95. The lowest BCUT2D eigenvalue weighted by molar-refractivity contribution is 0.393. The van der Waals surface area contributed by atoms with Gasteiger partial charge in [-0.3, -0.25) is 0 Å². The molecule has 1 atom stereocenters. The zero-order chi connectivity index (χ0) is 14.4. The summed E-state index contributed by atoms with van der Waals surface area (Å²) >= 11 is 1.79.